The second-order valence-electron chi connectivity index (χ2n) is 4.52. The first-order valence-corrected chi connectivity index (χ1v) is 6.51. The van der Waals surface area contributed by atoms with Crippen LogP contribution >= 0.6 is 0 Å². The van der Waals surface area contributed by atoms with Crippen molar-refractivity contribution in [2.45, 2.75) is 13.8 Å². The summed E-state index contributed by atoms with van der Waals surface area (Å²) in [6.45, 7) is 3.88. The Bertz CT molecular complexity index is 711. The van der Waals surface area contributed by atoms with Crippen LogP contribution in [0.15, 0.2) is 30.3 Å². The van der Waals surface area contributed by atoms with Gasteiger partial charge in [0.15, 0.2) is 0 Å². The number of hydrogen-bond acceptors (Lipinski definition) is 4. The van der Waals surface area contributed by atoms with E-state index in [1.807, 2.05) is 12.1 Å². The highest BCUT2D eigenvalue weighted by Gasteiger charge is 2.11. The van der Waals surface area contributed by atoms with Crippen molar-refractivity contribution in [2.24, 2.45) is 5.73 Å². The first-order chi connectivity index (χ1) is 10.1. The molecule has 0 radical (unpaired) electrons. The summed E-state index contributed by atoms with van der Waals surface area (Å²) in [6.07, 6.45) is 0. The van der Waals surface area contributed by atoms with Gasteiger partial charge in [-0.05, 0) is 44.2 Å². The smallest absolute Gasteiger partial charge is 0.257 e. The number of nitrogens with two attached hydrogens (primary N) is 1. The SMILES string of the molecule is Cc1cc(C(=O)Nc2ccc(C#CCN)cc2)c(C)nn1. The number of aromatic nitrogens is 2. The van der Waals surface area contributed by atoms with Gasteiger partial charge < -0.3 is 11.1 Å². The molecule has 0 aliphatic carbocycles. The fourth-order valence-corrected chi connectivity index (χ4v) is 1.77. The lowest BCUT2D eigenvalue weighted by molar-refractivity contribution is 0.102. The predicted octanol–water partition coefficient (Wildman–Crippen LogP) is 1.66. The quantitative estimate of drug-likeness (QED) is 0.820. The highest BCUT2D eigenvalue weighted by molar-refractivity contribution is 6.05. The first-order valence-electron chi connectivity index (χ1n) is 6.51. The van der Waals surface area contributed by atoms with Crippen LogP contribution in [-0.2, 0) is 0 Å². The molecule has 2 rings (SSSR count). The molecule has 0 saturated carbocycles. The molecule has 0 spiro atoms. The van der Waals surface area contributed by atoms with E-state index in [0.717, 1.165) is 5.56 Å². The van der Waals surface area contributed by atoms with Crippen LogP contribution in [0.1, 0.15) is 27.3 Å². The third kappa shape index (κ3) is 3.88. The number of hydrogen-bond donors (Lipinski definition) is 2. The van der Waals surface area contributed by atoms with Gasteiger partial charge in [-0.25, -0.2) is 0 Å². The molecule has 3 N–H and O–H groups in total. The molecule has 0 fully saturated rings. The third-order valence-electron chi connectivity index (χ3n) is 2.82. The van der Waals surface area contributed by atoms with Crippen molar-refractivity contribution in [2.75, 3.05) is 11.9 Å². The standard InChI is InChI=1S/C16H16N4O/c1-11-10-15(12(2)20-19-11)16(21)18-14-7-5-13(6-8-14)4-3-9-17/h5-8,10H,9,17H2,1-2H3,(H,18,21). The summed E-state index contributed by atoms with van der Waals surface area (Å²) in [6, 6.07) is 8.99. The van der Waals surface area contributed by atoms with E-state index in [1.54, 1.807) is 32.0 Å². The molecule has 1 aromatic carbocycles. The van der Waals surface area contributed by atoms with E-state index in [0.29, 0.717) is 29.2 Å². The van der Waals surface area contributed by atoms with Crippen LogP contribution in [0.2, 0.25) is 0 Å². The van der Waals surface area contributed by atoms with Crippen molar-refractivity contribution in [3.8, 4) is 11.8 Å². The van der Waals surface area contributed by atoms with E-state index in [1.165, 1.54) is 0 Å². The Balaban J connectivity index is 2.14. The predicted molar refractivity (Wildman–Crippen MR) is 81.8 cm³/mol. The Morgan fingerprint density at radius 3 is 2.62 bits per heavy atom. The van der Waals surface area contributed by atoms with E-state index in [2.05, 4.69) is 27.4 Å². The number of amides is 1. The number of nitrogens with one attached hydrogen (secondary N) is 1. The second kappa shape index (κ2) is 6.64. The molecular formula is C16H16N4O. The number of rotatable bonds is 2. The maximum Gasteiger partial charge on any atom is 0.257 e. The van der Waals surface area contributed by atoms with E-state index in [4.69, 9.17) is 5.73 Å². The van der Waals surface area contributed by atoms with Crippen LogP contribution in [0.25, 0.3) is 0 Å². The number of aryl methyl sites for hydroxylation is 2. The summed E-state index contributed by atoms with van der Waals surface area (Å²) in [5.41, 5.74) is 8.71. The van der Waals surface area contributed by atoms with Crippen LogP contribution in [0.4, 0.5) is 5.69 Å². The zero-order valence-electron chi connectivity index (χ0n) is 12.0. The van der Waals surface area contributed by atoms with Crippen molar-refractivity contribution in [3.05, 3.63) is 52.8 Å². The molecule has 0 aliphatic rings. The summed E-state index contributed by atoms with van der Waals surface area (Å²) in [5, 5.41) is 10.7. The van der Waals surface area contributed by atoms with Crippen molar-refractivity contribution < 1.29 is 4.79 Å². The Hall–Kier alpha value is -2.71. The maximum atomic E-state index is 12.2. The van der Waals surface area contributed by atoms with E-state index in [9.17, 15) is 4.79 Å². The zero-order valence-corrected chi connectivity index (χ0v) is 12.0. The molecular weight excluding hydrogens is 264 g/mol. The fraction of sp³-hybridized carbons (Fsp3) is 0.188. The van der Waals surface area contributed by atoms with Gasteiger partial charge in [0.1, 0.15) is 0 Å². The number of carbonyl (C=O) groups is 1. The average Bonchev–Trinajstić information content (AvgIpc) is 2.49. The molecule has 21 heavy (non-hydrogen) atoms. The van der Waals surface area contributed by atoms with Gasteiger partial charge in [-0.15, -0.1) is 0 Å². The van der Waals surface area contributed by atoms with Crippen LogP contribution in [0.5, 0.6) is 0 Å². The lowest BCUT2D eigenvalue weighted by atomic mass is 10.1. The average molecular weight is 280 g/mol. The molecule has 0 aliphatic heterocycles. The first kappa shape index (κ1) is 14.7. The number of benzene rings is 1. The Kier molecular flexibility index (Phi) is 4.64. The molecule has 0 unspecified atom stereocenters. The molecule has 5 heteroatoms. The maximum absolute atomic E-state index is 12.2. The van der Waals surface area contributed by atoms with Gasteiger partial charge in [-0.2, -0.15) is 10.2 Å². The van der Waals surface area contributed by atoms with Gasteiger partial charge in [0.2, 0.25) is 0 Å². The number of carbonyl (C=O) groups excluding carboxylic acids is 1. The van der Waals surface area contributed by atoms with Gasteiger partial charge in [0.05, 0.1) is 23.5 Å². The van der Waals surface area contributed by atoms with Crippen molar-refractivity contribution in [1.29, 1.82) is 0 Å². The number of nitrogens with zero attached hydrogens (tertiary/aromatic N) is 2. The van der Waals surface area contributed by atoms with Crippen molar-refractivity contribution in [1.82, 2.24) is 10.2 Å². The van der Waals surface area contributed by atoms with Gasteiger partial charge in [0, 0.05) is 11.3 Å². The lowest BCUT2D eigenvalue weighted by Crippen LogP contribution is -2.15. The van der Waals surface area contributed by atoms with Crippen molar-refractivity contribution in [3.63, 3.8) is 0 Å². The topological polar surface area (TPSA) is 80.9 Å². The summed E-state index contributed by atoms with van der Waals surface area (Å²) in [5.74, 6) is 5.50. The van der Waals surface area contributed by atoms with Crippen LogP contribution < -0.4 is 11.1 Å². The molecule has 0 saturated heterocycles. The molecule has 2 aromatic rings. The second-order valence-corrected chi connectivity index (χ2v) is 4.52. The van der Waals surface area contributed by atoms with Crippen LogP contribution in [-0.4, -0.2) is 22.6 Å². The molecule has 0 atom stereocenters. The Labute approximate surface area is 123 Å². The molecule has 1 aromatic heterocycles. The summed E-state index contributed by atoms with van der Waals surface area (Å²) < 4.78 is 0. The van der Waals surface area contributed by atoms with E-state index < -0.39 is 0 Å². The molecule has 1 amide bonds. The molecule has 106 valence electrons. The Morgan fingerprint density at radius 2 is 1.95 bits per heavy atom. The molecule has 5 nitrogen and oxygen atoms in total. The van der Waals surface area contributed by atoms with Crippen LogP contribution in [0.3, 0.4) is 0 Å². The van der Waals surface area contributed by atoms with E-state index >= 15 is 0 Å². The summed E-state index contributed by atoms with van der Waals surface area (Å²) >= 11 is 0. The third-order valence-corrected chi connectivity index (χ3v) is 2.82. The highest BCUT2D eigenvalue weighted by atomic mass is 16.1. The van der Waals surface area contributed by atoms with Gasteiger partial charge in [-0.1, -0.05) is 11.8 Å². The van der Waals surface area contributed by atoms with Gasteiger partial charge >= 0.3 is 0 Å². The minimum Gasteiger partial charge on any atom is -0.322 e. The van der Waals surface area contributed by atoms with Gasteiger partial charge in [0.25, 0.3) is 5.91 Å². The largest absolute Gasteiger partial charge is 0.322 e. The Morgan fingerprint density at radius 1 is 1.24 bits per heavy atom. The highest BCUT2D eigenvalue weighted by Crippen LogP contribution is 2.12. The number of anilines is 1. The molecule has 1 heterocycles. The zero-order chi connectivity index (χ0) is 15.2. The normalized spacial score (nSPS) is 9.67. The minimum absolute atomic E-state index is 0.203. The monoisotopic (exact) mass is 280 g/mol. The summed E-state index contributed by atoms with van der Waals surface area (Å²) in [7, 11) is 0. The lowest BCUT2D eigenvalue weighted by Gasteiger charge is -2.07. The summed E-state index contributed by atoms with van der Waals surface area (Å²) in [4.78, 5) is 12.2. The van der Waals surface area contributed by atoms with Gasteiger partial charge in [-0.3, -0.25) is 4.79 Å². The van der Waals surface area contributed by atoms with E-state index in [-0.39, 0.29) is 5.91 Å². The molecule has 0 bridgehead atoms. The minimum atomic E-state index is -0.203. The fourth-order valence-electron chi connectivity index (χ4n) is 1.77. The van der Waals surface area contributed by atoms with Crippen LogP contribution in [0, 0.1) is 25.7 Å². The van der Waals surface area contributed by atoms with Crippen molar-refractivity contribution >= 4 is 11.6 Å².